The van der Waals surface area contributed by atoms with Crippen LogP contribution in [0.25, 0.3) is 0 Å². The van der Waals surface area contributed by atoms with Crippen molar-refractivity contribution in [1.29, 1.82) is 0 Å². The second-order valence-electron chi connectivity index (χ2n) is 4.11. The lowest BCUT2D eigenvalue weighted by Crippen LogP contribution is -2.15. The summed E-state index contributed by atoms with van der Waals surface area (Å²) in [6.07, 6.45) is -1.75. The fourth-order valence-corrected chi connectivity index (χ4v) is 1.48. The van der Waals surface area contributed by atoms with Gasteiger partial charge in [-0.05, 0) is 6.92 Å². The summed E-state index contributed by atoms with van der Waals surface area (Å²) in [5.74, 6) is 0. The maximum absolute atomic E-state index is 12.7. The fraction of sp³-hybridized carbons (Fsp3) is 0.385. The van der Waals surface area contributed by atoms with Crippen molar-refractivity contribution in [3.05, 3.63) is 42.0 Å². The molecule has 6 heteroatoms. The molecule has 0 saturated carbocycles. The number of halogens is 5. The largest absolute Gasteiger partial charge is 0.416 e. The van der Waals surface area contributed by atoms with Gasteiger partial charge in [0.05, 0.1) is 10.9 Å². The highest BCUT2D eigenvalue weighted by atomic mass is 35.5. The molecule has 0 nitrogen and oxygen atoms in total. The van der Waals surface area contributed by atoms with Gasteiger partial charge in [0, 0.05) is 0 Å². The predicted octanol–water partition coefficient (Wildman–Crippen LogP) is 3.97. The number of hydrogen-bond donors (Lipinski definition) is 0. The number of benzene rings is 1. The molecule has 1 rings (SSSR count). The Morgan fingerprint density at radius 1 is 1.26 bits per heavy atom. The molecule has 0 saturated heterocycles. The van der Waals surface area contributed by atoms with Gasteiger partial charge in [-0.2, -0.15) is 13.2 Å². The third-order valence-corrected chi connectivity index (χ3v) is 2.98. The Morgan fingerprint density at radius 2 is 1.84 bits per heavy atom. The van der Waals surface area contributed by atoms with Gasteiger partial charge in [0.2, 0.25) is 0 Å². The second-order valence-corrected chi connectivity index (χ2v) is 4.61. The van der Waals surface area contributed by atoms with Crippen LogP contribution in [0.1, 0.15) is 12.5 Å². The molecule has 0 N–H and O–H groups in total. The van der Waals surface area contributed by atoms with Gasteiger partial charge in [-0.25, -0.2) is 4.39 Å². The van der Waals surface area contributed by atoms with Crippen LogP contribution in [0.15, 0.2) is 36.4 Å². The Hall–Kier alpha value is -0.965. The Labute approximate surface area is 115 Å². The molecule has 1 aromatic rings. The van der Waals surface area contributed by atoms with Gasteiger partial charge < -0.3 is 0 Å². The highest BCUT2D eigenvalue weighted by molar-refractivity contribution is 6.53. The van der Waals surface area contributed by atoms with Crippen molar-refractivity contribution in [1.82, 2.24) is 0 Å². The summed E-state index contributed by atoms with van der Waals surface area (Å²) in [6, 6.07) is 4.85. The topological polar surface area (TPSA) is 0 Å². The molecule has 0 heterocycles. The van der Waals surface area contributed by atoms with Crippen molar-refractivity contribution in [2.24, 2.45) is 0 Å². The smallest absolute Gasteiger partial charge is 0.246 e. The third-order valence-electron chi connectivity index (χ3n) is 2.49. The normalized spacial score (nSPS) is 15.5. The molecule has 2 atom stereocenters. The Bertz CT molecular complexity index is 412. The van der Waals surface area contributed by atoms with Crippen molar-refractivity contribution in [2.45, 2.75) is 31.0 Å². The average molecular weight is 292 g/mol. The van der Waals surface area contributed by atoms with Gasteiger partial charge in [-0.15, -0.1) is 11.6 Å². The predicted molar refractivity (Wildman–Crippen MR) is 71.0 cm³/mol. The summed E-state index contributed by atoms with van der Waals surface area (Å²) in [5.41, 5.74) is 0.00402. The Balaban J connectivity index is 2.47. The minimum Gasteiger partial charge on any atom is -0.246 e. The molecule has 1 radical (unpaired) electrons. The van der Waals surface area contributed by atoms with Crippen LogP contribution in [0.3, 0.4) is 0 Å². The first-order valence-corrected chi connectivity index (χ1v) is 6.19. The van der Waals surface area contributed by atoms with Crippen molar-refractivity contribution in [2.75, 3.05) is 0 Å². The van der Waals surface area contributed by atoms with Crippen LogP contribution in [-0.4, -0.2) is 18.8 Å². The maximum atomic E-state index is 12.7. The summed E-state index contributed by atoms with van der Waals surface area (Å²) in [6.45, 7) is 1.36. The average Bonchev–Trinajstić information content (AvgIpc) is 2.33. The zero-order valence-corrected chi connectivity index (χ0v) is 11.0. The summed E-state index contributed by atoms with van der Waals surface area (Å²) in [4.78, 5) is 0. The van der Waals surface area contributed by atoms with Crippen LogP contribution < -0.4 is 5.46 Å². The van der Waals surface area contributed by atoms with Gasteiger partial charge in [0.1, 0.15) is 6.17 Å². The third kappa shape index (κ3) is 5.68. The zero-order chi connectivity index (χ0) is 14.5. The second kappa shape index (κ2) is 6.99. The lowest BCUT2D eigenvalue weighted by molar-refractivity contribution is -0.137. The van der Waals surface area contributed by atoms with E-state index in [0.29, 0.717) is 11.8 Å². The van der Waals surface area contributed by atoms with Crippen molar-refractivity contribution >= 4 is 24.3 Å². The van der Waals surface area contributed by atoms with Crippen molar-refractivity contribution in [3.63, 3.8) is 0 Å². The molecule has 19 heavy (non-hydrogen) atoms. The van der Waals surface area contributed by atoms with Gasteiger partial charge in [-0.3, -0.25) is 0 Å². The molecule has 0 aliphatic carbocycles. The summed E-state index contributed by atoms with van der Waals surface area (Å²) < 4.78 is 49.7. The number of alkyl halides is 5. The van der Waals surface area contributed by atoms with E-state index >= 15 is 0 Å². The van der Waals surface area contributed by atoms with Crippen LogP contribution in [0, 0.1) is 0 Å². The van der Waals surface area contributed by atoms with Gasteiger partial charge in [0.15, 0.2) is 7.28 Å². The van der Waals surface area contributed by atoms with Gasteiger partial charge in [0.25, 0.3) is 0 Å². The highest BCUT2D eigenvalue weighted by Gasteiger charge is 2.29. The van der Waals surface area contributed by atoms with E-state index in [1.807, 2.05) is 0 Å². The molecule has 0 amide bonds. The van der Waals surface area contributed by atoms with E-state index in [0.717, 1.165) is 12.1 Å². The van der Waals surface area contributed by atoms with E-state index in [4.69, 9.17) is 11.6 Å². The maximum Gasteiger partial charge on any atom is 0.416 e. The highest BCUT2D eigenvalue weighted by Crippen LogP contribution is 2.28. The van der Waals surface area contributed by atoms with Crippen LogP contribution in [0.4, 0.5) is 17.6 Å². The van der Waals surface area contributed by atoms with Crippen molar-refractivity contribution in [3.8, 4) is 0 Å². The van der Waals surface area contributed by atoms with Crippen LogP contribution >= 0.6 is 11.6 Å². The summed E-state index contributed by atoms with van der Waals surface area (Å²) >= 11 is 5.67. The molecule has 103 valence electrons. The molecule has 0 aromatic heterocycles. The molecule has 0 aliphatic rings. The fourth-order valence-electron chi connectivity index (χ4n) is 1.37. The van der Waals surface area contributed by atoms with E-state index in [1.165, 1.54) is 25.1 Å². The van der Waals surface area contributed by atoms with E-state index in [1.54, 1.807) is 13.4 Å². The molecule has 0 spiro atoms. The lowest BCUT2D eigenvalue weighted by Gasteiger charge is -2.07. The minimum absolute atomic E-state index is 0.487. The van der Waals surface area contributed by atoms with Crippen LogP contribution in [0.5, 0.6) is 0 Å². The van der Waals surface area contributed by atoms with Crippen molar-refractivity contribution < 1.29 is 17.6 Å². The Morgan fingerprint density at radius 3 is 2.32 bits per heavy atom. The standard InChI is InChI=1S/C13H13BClF4/c1-9(16)12(15)3-2-8-14-11-6-4-10(5-7-11)13(17,18)19/h2-7,9,12H,8H2,1H3. The van der Waals surface area contributed by atoms with Gasteiger partial charge in [-0.1, -0.05) is 48.2 Å². The first-order chi connectivity index (χ1) is 8.80. The Kier molecular flexibility index (Phi) is 5.92. The molecular formula is C13H13BClF4. The first kappa shape index (κ1) is 16.1. The molecule has 2 unspecified atom stereocenters. The lowest BCUT2D eigenvalue weighted by atomic mass is 9.67. The molecule has 0 aliphatic heterocycles. The van der Waals surface area contributed by atoms with E-state index < -0.39 is 23.3 Å². The first-order valence-electron chi connectivity index (χ1n) is 5.76. The monoisotopic (exact) mass is 291 g/mol. The summed E-state index contributed by atoms with van der Waals surface area (Å²) in [5, 5.41) is -0.680. The SMILES string of the molecule is CC(F)C(Cl)C=CC[B]c1ccc(C(F)(F)F)cc1. The molecule has 1 aromatic carbocycles. The zero-order valence-electron chi connectivity index (χ0n) is 10.3. The van der Waals surface area contributed by atoms with Crippen LogP contribution in [-0.2, 0) is 6.18 Å². The molecular weight excluding hydrogens is 278 g/mol. The van der Waals surface area contributed by atoms with E-state index in [9.17, 15) is 17.6 Å². The minimum atomic E-state index is -4.32. The summed E-state index contributed by atoms with van der Waals surface area (Å²) in [7, 11) is 1.74. The van der Waals surface area contributed by atoms with Gasteiger partial charge >= 0.3 is 6.18 Å². The van der Waals surface area contributed by atoms with Crippen LogP contribution in [0.2, 0.25) is 6.32 Å². The quantitative estimate of drug-likeness (QED) is 0.333. The number of allylic oxidation sites excluding steroid dienone is 2. The molecule has 0 bridgehead atoms. The number of hydrogen-bond acceptors (Lipinski definition) is 0. The van der Waals surface area contributed by atoms with E-state index in [2.05, 4.69) is 0 Å². The number of rotatable bonds is 5. The molecule has 0 fully saturated rings. The van der Waals surface area contributed by atoms with E-state index in [-0.39, 0.29) is 0 Å².